The maximum Gasteiger partial charge on any atom is 0.264 e. The fourth-order valence-electron chi connectivity index (χ4n) is 5.85. The maximum absolute atomic E-state index is 9.72. The molecule has 9 heteroatoms. The summed E-state index contributed by atoms with van der Waals surface area (Å²) in [6, 6.07) is 29.5. The minimum atomic E-state index is -3.06. The summed E-state index contributed by atoms with van der Waals surface area (Å²) >= 11 is 0. The highest BCUT2D eigenvalue weighted by molar-refractivity contribution is 6.99. The van der Waals surface area contributed by atoms with Crippen molar-refractivity contribution in [2.45, 2.75) is 62.7 Å². The molecule has 41 heavy (non-hydrogen) atoms. The molecule has 0 aromatic heterocycles. The van der Waals surface area contributed by atoms with Gasteiger partial charge in [0.25, 0.3) is 8.32 Å². The second-order valence-corrected chi connectivity index (χ2v) is 15.5. The Hall–Kier alpha value is -3.27. The summed E-state index contributed by atoms with van der Waals surface area (Å²) in [4.78, 5) is 3.21. The second-order valence-electron chi connectivity index (χ2n) is 11.3. The molecule has 0 aliphatic carbocycles. The second kappa shape index (κ2) is 12.7. The lowest BCUT2D eigenvalue weighted by molar-refractivity contribution is -0.336. The Morgan fingerprint density at radius 1 is 0.951 bits per heavy atom. The van der Waals surface area contributed by atoms with Crippen LogP contribution >= 0.6 is 0 Å². The molecule has 0 amide bonds. The molecule has 0 N–H and O–H groups in total. The van der Waals surface area contributed by atoms with E-state index >= 15 is 0 Å². The number of benzene rings is 3. The van der Waals surface area contributed by atoms with Gasteiger partial charge in [-0.1, -0.05) is 123 Å². The van der Waals surface area contributed by atoms with Crippen LogP contribution in [0, 0.1) is 0 Å². The van der Waals surface area contributed by atoms with Crippen LogP contribution in [-0.2, 0) is 23.4 Å². The van der Waals surface area contributed by atoms with Crippen molar-refractivity contribution in [3.8, 4) is 0 Å². The van der Waals surface area contributed by atoms with Gasteiger partial charge in [0, 0.05) is 10.5 Å². The van der Waals surface area contributed by atoms with Crippen molar-refractivity contribution < 1.29 is 23.4 Å². The smallest absolute Gasteiger partial charge is 0.264 e. The van der Waals surface area contributed by atoms with E-state index in [9.17, 15) is 5.53 Å². The van der Waals surface area contributed by atoms with Crippen LogP contribution in [0.3, 0.4) is 0 Å². The first-order valence-electron chi connectivity index (χ1n) is 13.9. The number of rotatable bonds is 9. The van der Waals surface area contributed by atoms with Crippen LogP contribution in [0.1, 0.15) is 32.6 Å². The first-order valence-corrected chi connectivity index (χ1v) is 15.8. The van der Waals surface area contributed by atoms with Gasteiger partial charge in [0.1, 0.15) is 24.4 Å². The Kier molecular flexibility index (Phi) is 9.06. The minimum Gasteiger partial charge on any atom is -0.382 e. The topological polar surface area (TPSA) is 94.9 Å². The average molecular weight is 572 g/mol. The van der Waals surface area contributed by atoms with Crippen molar-refractivity contribution >= 4 is 18.7 Å². The van der Waals surface area contributed by atoms with Crippen LogP contribution in [-0.4, -0.2) is 52.2 Å². The molecule has 0 bridgehead atoms. The van der Waals surface area contributed by atoms with Crippen molar-refractivity contribution in [1.29, 1.82) is 0 Å². The summed E-state index contributed by atoms with van der Waals surface area (Å²) in [6.45, 7) is 10.9. The number of hydrogen-bond donors (Lipinski definition) is 0. The molecule has 3 aromatic rings. The molecular formula is C32H37N3O5Si. The van der Waals surface area contributed by atoms with Gasteiger partial charge in [-0.15, -0.1) is 6.58 Å². The fraction of sp³-hybridized carbons (Fsp3) is 0.375. The first kappa shape index (κ1) is 29.2. The Labute approximate surface area is 242 Å². The Bertz CT molecular complexity index is 1290. The van der Waals surface area contributed by atoms with Gasteiger partial charge in [-0.05, 0) is 20.9 Å². The lowest BCUT2D eigenvalue weighted by Crippen LogP contribution is -2.71. The molecule has 0 spiro atoms. The van der Waals surface area contributed by atoms with E-state index in [1.807, 2.05) is 66.7 Å². The third-order valence-corrected chi connectivity index (χ3v) is 12.7. The quantitative estimate of drug-likeness (QED) is 0.109. The summed E-state index contributed by atoms with van der Waals surface area (Å²) in [6.07, 6.45) is -1.54. The highest BCUT2D eigenvalue weighted by Gasteiger charge is 2.57. The van der Waals surface area contributed by atoms with Gasteiger partial charge in [0.05, 0.1) is 13.2 Å². The van der Waals surface area contributed by atoms with Gasteiger partial charge in [0.2, 0.25) is 0 Å². The molecule has 2 aliphatic heterocycles. The van der Waals surface area contributed by atoms with Gasteiger partial charge < -0.3 is 23.4 Å². The number of nitrogens with zero attached hydrogens (tertiary/aromatic N) is 3. The van der Waals surface area contributed by atoms with Crippen LogP contribution in [0.2, 0.25) is 5.04 Å². The molecule has 214 valence electrons. The molecular weight excluding hydrogens is 534 g/mol. The summed E-state index contributed by atoms with van der Waals surface area (Å²) in [7, 11) is -3.06. The molecule has 2 saturated heterocycles. The molecule has 3 aromatic carbocycles. The van der Waals surface area contributed by atoms with E-state index < -0.39 is 45.3 Å². The van der Waals surface area contributed by atoms with E-state index in [-0.39, 0.29) is 18.3 Å². The predicted molar refractivity (Wildman–Crippen MR) is 160 cm³/mol. The molecule has 5 rings (SSSR count). The predicted octanol–water partition coefficient (Wildman–Crippen LogP) is 5.65. The molecule has 0 saturated carbocycles. The van der Waals surface area contributed by atoms with E-state index in [2.05, 4.69) is 61.6 Å². The molecule has 6 atom stereocenters. The normalized spacial score (nSPS) is 26.4. The van der Waals surface area contributed by atoms with Gasteiger partial charge in [0.15, 0.2) is 12.6 Å². The largest absolute Gasteiger partial charge is 0.382 e. The van der Waals surface area contributed by atoms with E-state index in [0.717, 1.165) is 15.9 Å². The van der Waals surface area contributed by atoms with Gasteiger partial charge in [-0.3, -0.25) is 0 Å². The molecule has 2 heterocycles. The zero-order valence-corrected chi connectivity index (χ0v) is 24.7. The zero-order valence-electron chi connectivity index (χ0n) is 23.7. The molecule has 2 fully saturated rings. The summed E-state index contributed by atoms with van der Waals surface area (Å²) in [5.74, 6) is 0. The number of azide groups is 1. The van der Waals surface area contributed by atoms with E-state index in [4.69, 9.17) is 23.4 Å². The SMILES string of the molecule is C=CCO[C@@H]1[C@@H](N=[N+]=[N-])[C@H](O[Si](c2ccccc2)(c2ccccc2)C(C)(C)C)O[C@@H]2CO[C@H](c3ccccc3)O[C@H]12. The summed E-state index contributed by atoms with van der Waals surface area (Å²) < 4.78 is 32.8. The number of ether oxygens (including phenoxy) is 4. The van der Waals surface area contributed by atoms with E-state index in [1.54, 1.807) is 6.08 Å². The number of fused-ring (bicyclic) bond motifs is 1. The van der Waals surface area contributed by atoms with Gasteiger partial charge >= 0.3 is 0 Å². The highest BCUT2D eigenvalue weighted by atomic mass is 28.4. The van der Waals surface area contributed by atoms with Gasteiger partial charge in [-0.2, -0.15) is 0 Å². The molecule has 2 aliphatic rings. The van der Waals surface area contributed by atoms with Crippen LogP contribution in [0.5, 0.6) is 0 Å². The Morgan fingerprint density at radius 3 is 2.07 bits per heavy atom. The van der Waals surface area contributed by atoms with Crippen molar-refractivity contribution in [2.24, 2.45) is 5.11 Å². The zero-order chi connectivity index (χ0) is 28.9. The fourth-order valence-corrected chi connectivity index (χ4v) is 10.4. The van der Waals surface area contributed by atoms with Crippen LogP contribution in [0.4, 0.5) is 0 Å². The third kappa shape index (κ3) is 5.89. The summed E-state index contributed by atoms with van der Waals surface area (Å²) in [5.41, 5.74) is 10.6. The summed E-state index contributed by atoms with van der Waals surface area (Å²) in [5, 5.41) is 6.08. The Morgan fingerprint density at radius 2 is 1.54 bits per heavy atom. The van der Waals surface area contributed by atoms with Crippen LogP contribution < -0.4 is 10.4 Å². The standard InChI is InChI=1S/C32H37N3O5Si/c1-5-21-36-29-27(34-35-33)31(38-26-22-37-30(39-28(26)29)23-15-9-6-10-16-23)40-41(32(2,3)4,24-17-11-7-12-18-24)25-19-13-8-14-20-25/h5-20,26-31H,1,21-22H2,2-4H3/t26-,27-,28+,29-,30+,31+/m1/s1. The van der Waals surface area contributed by atoms with Crippen molar-refractivity contribution in [3.63, 3.8) is 0 Å². The molecule has 8 nitrogen and oxygen atoms in total. The van der Waals surface area contributed by atoms with Crippen molar-refractivity contribution in [2.75, 3.05) is 13.2 Å². The van der Waals surface area contributed by atoms with E-state index in [0.29, 0.717) is 0 Å². The first-order chi connectivity index (χ1) is 19.9. The van der Waals surface area contributed by atoms with Crippen LogP contribution in [0.25, 0.3) is 10.4 Å². The highest BCUT2D eigenvalue weighted by Crippen LogP contribution is 2.42. The number of hydrogen-bond acceptors (Lipinski definition) is 6. The van der Waals surface area contributed by atoms with Crippen molar-refractivity contribution in [1.82, 2.24) is 0 Å². The lowest BCUT2D eigenvalue weighted by Gasteiger charge is -2.52. The monoisotopic (exact) mass is 571 g/mol. The third-order valence-electron chi connectivity index (χ3n) is 7.68. The lowest BCUT2D eigenvalue weighted by atomic mass is 9.96. The average Bonchev–Trinajstić information content (AvgIpc) is 3.00. The molecule has 0 radical (unpaired) electrons. The molecule has 0 unspecified atom stereocenters. The van der Waals surface area contributed by atoms with Gasteiger partial charge in [-0.25, -0.2) is 0 Å². The Balaban J connectivity index is 1.57. The van der Waals surface area contributed by atoms with Crippen molar-refractivity contribution in [3.05, 3.63) is 120 Å². The van der Waals surface area contributed by atoms with Crippen LogP contribution in [0.15, 0.2) is 109 Å². The van der Waals surface area contributed by atoms with E-state index in [1.165, 1.54) is 0 Å². The minimum absolute atomic E-state index is 0.248. The maximum atomic E-state index is 9.72.